The van der Waals surface area contributed by atoms with E-state index < -0.39 is 11.0 Å². The van der Waals surface area contributed by atoms with E-state index in [1.165, 1.54) is 7.11 Å². The minimum absolute atomic E-state index is 0.0288. The van der Waals surface area contributed by atoms with Gasteiger partial charge in [0.25, 0.3) is 0 Å². The SMILES string of the molecule is COC(=O)C1CCC(NS(=O)C(C)(C)C)CC1. The van der Waals surface area contributed by atoms with Gasteiger partial charge in [-0.15, -0.1) is 0 Å². The van der Waals surface area contributed by atoms with E-state index in [1.807, 2.05) is 20.8 Å². The monoisotopic (exact) mass is 261 g/mol. The van der Waals surface area contributed by atoms with Crippen molar-refractivity contribution in [2.45, 2.75) is 57.2 Å². The van der Waals surface area contributed by atoms with E-state index >= 15 is 0 Å². The maximum Gasteiger partial charge on any atom is 0.308 e. The van der Waals surface area contributed by atoms with Gasteiger partial charge < -0.3 is 4.74 Å². The van der Waals surface area contributed by atoms with E-state index in [0.29, 0.717) is 0 Å². The Hall–Kier alpha value is -0.420. The Morgan fingerprint density at radius 2 is 1.76 bits per heavy atom. The highest BCUT2D eigenvalue weighted by molar-refractivity contribution is 7.84. The Kier molecular flexibility index (Phi) is 5.13. The molecular weight excluding hydrogens is 238 g/mol. The molecule has 1 aliphatic rings. The quantitative estimate of drug-likeness (QED) is 0.788. The lowest BCUT2D eigenvalue weighted by Crippen LogP contribution is -2.42. The normalized spacial score (nSPS) is 27.5. The van der Waals surface area contributed by atoms with E-state index in [-0.39, 0.29) is 22.7 Å². The lowest BCUT2D eigenvalue weighted by Gasteiger charge is -2.29. The number of ether oxygens (including phenoxy) is 1. The fourth-order valence-electron chi connectivity index (χ4n) is 1.94. The van der Waals surface area contributed by atoms with Crippen molar-refractivity contribution in [2.24, 2.45) is 5.92 Å². The Labute approximate surface area is 106 Å². The van der Waals surface area contributed by atoms with Crippen molar-refractivity contribution < 1.29 is 13.7 Å². The van der Waals surface area contributed by atoms with Gasteiger partial charge in [0.15, 0.2) is 0 Å². The van der Waals surface area contributed by atoms with Crippen LogP contribution in [0.2, 0.25) is 0 Å². The first-order valence-corrected chi connectivity index (χ1v) is 7.25. The molecule has 1 atom stereocenters. The smallest absolute Gasteiger partial charge is 0.308 e. The summed E-state index contributed by atoms with van der Waals surface area (Å²) in [6, 6.07) is 0.260. The van der Waals surface area contributed by atoms with Crippen molar-refractivity contribution in [2.75, 3.05) is 7.11 Å². The van der Waals surface area contributed by atoms with Gasteiger partial charge in [-0.05, 0) is 46.5 Å². The maximum atomic E-state index is 11.9. The van der Waals surface area contributed by atoms with E-state index in [1.54, 1.807) is 0 Å². The van der Waals surface area contributed by atoms with Gasteiger partial charge in [-0.3, -0.25) is 4.79 Å². The topological polar surface area (TPSA) is 55.4 Å². The lowest BCUT2D eigenvalue weighted by atomic mass is 9.86. The molecule has 0 saturated heterocycles. The summed E-state index contributed by atoms with van der Waals surface area (Å²) < 4.78 is 19.6. The molecule has 100 valence electrons. The first-order valence-electron chi connectivity index (χ1n) is 6.10. The molecule has 1 unspecified atom stereocenters. The number of esters is 1. The number of methoxy groups -OCH3 is 1. The van der Waals surface area contributed by atoms with Gasteiger partial charge in [-0.2, -0.15) is 0 Å². The molecule has 1 rings (SSSR count). The zero-order valence-electron chi connectivity index (χ0n) is 11.1. The number of rotatable bonds is 3. The summed E-state index contributed by atoms with van der Waals surface area (Å²) in [7, 11) is 0.407. The van der Waals surface area contributed by atoms with Crippen LogP contribution in [-0.4, -0.2) is 28.1 Å². The van der Waals surface area contributed by atoms with Crippen molar-refractivity contribution in [3.05, 3.63) is 0 Å². The molecule has 0 aliphatic heterocycles. The third kappa shape index (κ3) is 4.39. The molecule has 4 nitrogen and oxygen atoms in total. The third-order valence-corrected chi connectivity index (χ3v) is 4.75. The van der Waals surface area contributed by atoms with Crippen LogP contribution in [0.5, 0.6) is 0 Å². The Morgan fingerprint density at radius 1 is 1.24 bits per heavy atom. The zero-order chi connectivity index (χ0) is 13.1. The van der Waals surface area contributed by atoms with Crippen molar-refractivity contribution in [1.29, 1.82) is 0 Å². The molecule has 0 radical (unpaired) electrons. The summed E-state index contributed by atoms with van der Waals surface area (Å²) >= 11 is 0. The highest BCUT2D eigenvalue weighted by atomic mass is 32.2. The van der Waals surface area contributed by atoms with Crippen molar-refractivity contribution in [3.8, 4) is 0 Å². The predicted molar refractivity (Wildman–Crippen MR) is 68.8 cm³/mol. The molecule has 0 aromatic carbocycles. The summed E-state index contributed by atoms with van der Waals surface area (Å²) in [4.78, 5) is 11.4. The molecule has 5 heteroatoms. The number of hydrogen-bond acceptors (Lipinski definition) is 3. The summed E-state index contributed by atoms with van der Waals surface area (Å²) in [6.07, 6.45) is 3.43. The number of carbonyl (C=O) groups is 1. The minimum Gasteiger partial charge on any atom is -0.469 e. The second kappa shape index (κ2) is 5.96. The predicted octanol–water partition coefficient (Wildman–Crippen LogP) is 1.77. The van der Waals surface area contributed by atoms with Gasteiger partial charge in [0.1, 0.15) is 0 Å². The minimum atomic E-state index is -1.02. The molecule has 1 fully saturated rings. The molecule has 1 aliphatic carbocycles. The highest BCUT2D eigenvalue weighted by Crippen LogP contribution is 2.26. The molecule has 0 bridgehead atoms. The molecule has 0 spiro atoms. The van der Waals surface area contributed by atoms with Gasteiger partial charge in [-0.1, -0.05) is 0 Å². The lowest BCUT2D eigenvalue weighted by molar-refractivity contribution is -0.146. The van der Waals surface area contributed by atoms with E-state index in [4.69, 9.17) is 4.74 Å². The summed E-state index contributed by atoms with van der Waals surface area (Å²) in [6.45, 7) is 5.86. The highest BCUT2D eigenvalue weighted by Gasteiger charge is 2.29. The van der Waals surface area contributed by atoms with E-state index in [0.717, 1.165) is 25.7 Å². The van der Waals surface area contributed by atoms with Crippen molar-refractivity contribution in [3.63, 3.8) is 0 Å². The van der Waals surface area contributed by atoms with Crippen LogP contribution >= 0.6 is 0 Å². The van der Waals surface area contributed by atoms with Gasteiger partial charge >= 0.3 is 5.97 Å². The van der Waals surface area contributed by atoms with E-state index in [2.05, 4.69) is 4.72 Å². The zero-order valence-corrected chi connectivity index (χ0v) is 11.9. The molecule has 0 aromatic heterocycles. The summed E-state index contributed by atoms with van der Waals surface area (Å²) in [5.41, 5.74) is 0. The fourth-order valence-corrected chi connectivity index (χ4v) is 2.83. The van der Waals surface area contributed by atoms with Crippen LogP contribution in [0.1, 0.15) is 46.5 Å². The van der Waals surface area contributed by atoms with Crippen LogP contribution < -0.4 is 4.72 Å². The fraction of sp³-hybridized carbons (Fsp3) is 0.917. The van der Waals surface area contributed by atoms with Crippen LogP contribution in [0.15, 0.2) is 0 Å². The van der Waals surface area contributed by atoms with Crippen LogP contribution in [0.4, 0.5) is 0 Å². The van der Waals surface area contributed by atoms with Gasteiger partial charge in [-0.25, -0.2) is 8.93 Å². The summed E-state index contributed by atoms with van der Waals surface area (Å²) in [5, 5.41) is 0. The number of carbonyl (C=O) groups excluding carboxylic acids is 1. The van der Waals surface area contributed by atoms with Crippen LogP contribution in [0.25, 0.3) is 0 Å². The Balaban J connectivity index is 2.38. The first-order chi connectivity index (χ1) is 7.84. The van der Waals surface area contributed by atoms with Crippen LogP contribution in [-0.2, 0) is 20.5 Å². The molecule has 0 heterocycles. The van der Waals surface area contributed by atoms with Crippen molar-refractivity contribution in [1.82, 2.24) is 4.72 Å². The number of nitrogens with one attached hydrogen (secondary N) is 1. The average Bonchev–Trinajstić information content (AvgIpc) is 2.27. The number of hydrogen-bond donors (Lipinski definition) is 1. The Bertz CT molecular complexity index is 291. The van der Waals surface area contributed by atoms with Crippen molar-refractivity contribution >= 4 is 17.0 Å². The second-order valence-electron chi connectivity index (χ2n) is 5.57. The van der Waals surface area contributed by atoms with Gasteiger partial charge in [0.2, 0.25) is 0 Å². The van der Waals surface area contributed by atoms with Crippen LogP contribution in [0, 0.1) is 5.92 Å². The summed E-state index contributed by atoms with van der Waals surface area (Å²) in [5.74, 6) is -0.0819. The molecule has 1 N–H and O–H groups in total. The van der Waals surface area contributed by atoms with Gasteiger partial charge in [0.05, 0.1) is 28.8 Å². The largest absolute Gasteiger partial charge is 0.469 e. The standard InChI is InChI=1S/C12H23NO3S/c1-12(2,3)17(15)13-10-7-5-9(6-8-10)11(14)16-4/h9-10,13H,5-8H2,1-4H3. The first kappa shape index (κ1) is 14.6. The maximum absolute atomic E-state index is 11.9. The molecule has 1 saturated carbocycles. The van der Waals surface area contributed by atoms with Gasteiger partial charge in [0, 0.05) is 6.04 Å². The Morgan fingerprint density at radius 3 is 2.18 bits per heavy atom. The second-order valence-corrected chi connectivity index (χ2v) is 7.57. The van der Waals surface area contributed by atoms with Crippen LogP contribution in [0.3, 0.4) is 0 Å². The molecule has 17 heavy (non-hydrogen) atoms. The molecular formula is C12H23NO3S. The third-order valence-electron chi connectivity index (χ3n) is 3.09. The molecule has 0 aromatic rings. The molecule has 0 amide bonds. The van der Waals surface area contributed by atoms with E-state index in [9.17, 15) is 9.00 Å². The average molecular weight is 261 g/mol.